The van der Waals surface area contributed by atoms with Crippen LogP contribution < -0.4 is 10.2 Å². The largest absolute Gasteiger partial charge is 0.481 e. The molecule has 0 radical (unpaired) electrons. The number of carboxylic acid groups (broad SMARTS) is 1. The Morgan fingerprint density at radius 3 is 2.25 bits per heavy atom. The van der Waals surface area contributed by atoms with E-state index in [1.807, 2.05) is 19.1 Å². The van der Waals surface area contributed by atoms with Gasteiger partial charge in [-0.2, -0.15) is 0 Å². The first-order chi connectivity index (χ1) is 9.43. The molecule has 0 heterocycles. The maximum absolute atomic E-state index is 12.0. The third-order valence-corrected chi connectivity index (χ3v) is 2.72. The first kappa shape index (κ1) is 15.7. The lowest BCUT2D eigenvalue weighted by Crippen LogP contribution is -2.43. The average molecular weight is 278 g/mol. The van der Waals surface area contributed by atoms with Crippen LogP contribution in [0.25, 0.3) is 0 Å². The molecule has 0 saturated carbocycles. The summed E-state index contributed by atoms with van der Waals surface area (Å²) in [4.78, 5) is 35.2. The van der Waals surface area contributed by atoms with Crippen molar-refractivity contribution in [2.24, 2.45) is 0 Å². The van der Waals surface area contributed by atoms with Crippen molar-refractivity contribution in [1.29, 1.82) is 0 Å². The van der Waals surface area contributed by atoms with Gasteiger partial charge in [-0.25, -0.2) is 4.79 Å². The van der Waals surface area contributed by atoms with Gasteiger partial charge in [-0.3, -0.25) is 19.8 Å². The monoisotopic (exact) mass is 278 g/mol. The quantitative estimate of drug-likeness (QED) is 0.861. The molecule has 108 valence electrons. The summed E-state index contributed by atoms with van der Waals surface area (Å²) in [5.41, 5.74) is 1.75. The van der Waals surface area contributed by atoms with Crippen LogP contribution in [0.3, 0.4) is 0 Å². The van der Waals surface area contributed by atoms with E-state index in [0.29, 0.717) is 12.2 Å². The lowest BCUT2D eigenvalue weighted by atomic mass is 10.2. The highest BCUT2D eigenvalue weighted by Gasteiger charge is 2.16. The molecule has 6 heteroatoms. The predicted octanol–water partition coefficient (Wildman–Crippen LogP) is 1.92. The van der Waals surface area contributed by atoms with Crippen molar-refractivity contribution < 1.29 is 19.5 Å². The molecule has 0 aliphatic carbocycles. The standard InChI is InChI=1S/C14H18N2O4/c1-3-16(11-6-4-10(2)5-7-11)14(20)15-12(17)8-9-13(18)19/h4-7H,3,8-9H2,1-2H3,(H,18,19)(H,15,17,20). The van der Waals surface area contributed by atoms with Crippen LogP contribution in [0, 0.1) is 6.92 Å². The molecule has 20 heavy (non-hydrogen) atoms. The molecule has 0 aliphatic rings. The van der Waals surface area contributed by atoms with Gasteiger partial charge in [0, 0.05) is 18.7 Å². The van der Waals surface area contributed by atoms with Gasteiger partial charge in [0.25, 0.3) is 0 Å². The number of aliphatic carboxylic acids is 1. The normalized spacial score (nSPS) is 9.90. The minimum absolute atomic E-state index is 0.216. The van der Waals surface area contributed by atoms with Gasteiger partial charge in [0.15, 0.2) is 0 Å². The second-order valence-electron chi connectivity index (χ2n) is 4.33. The number of rotatable bonds is 5. The Hall–Kier alpha value is -2.37. The van der Waals surface area contributed by atoms with Crippen molar-refractivity contribution in [3.8, 4) is 0 Å². The SMILES string of the molecule is CCN(C(=O)NC(=O)CCC(=O)O)c1ccc(C)cc1. The van der Waals surface area contributed by atoms with Gasteiger partial charge < -0.3 is 5.11 Å². The van der Waals surface area contributed by atoms with Gasteiger partial charge >= 0.3 is 12.0 Å². The number of carbonyl (C=O) groups is 3. The van der Waals surface area contributed by atoms with Gasteiger partial charge in [-0.1, -0.05) is 17.7 Å². The van der Waals surface area contributed by atoms with Crippen molar-refractivity contribution in [2.45, 2.75) is 26.7 Å². The molecule has 1 rings (SSSR count). The first-order valence-corrected chi connectivity index (χ1v) is 6.34. The summed E-state index contributed by atoms with van der Waals surface area (Å²) in [5.74, 6) is -1.67. The molecule has 0 fully saturated rings. The van der Waals surface area contributed by atoms with E-state index in [0.717, 1.165) is 5.56 Å². The van der Waals surface area contributed by atoms with E-state index in [-0.39, 0.29) is 12.8 Å². The topological polar surface area (TPSA) is 86.7 Å². The lowest BCUT2D eigenvalue weighted by molar-refractivity contribution is -0.138. The summed E-state index contributed by atoms with van der Waals surface area (Å²) in [5, 5.41) is 10.7. The molecule has 2 N–H and O–H groups in total. The maximum atomic E-state index is 12.0. The van der Waals surface area contributed by atoms with E-state index in [1.54, 1.807) is 19.1 Å². The highest BCUT2D eigenvalue weighted by atomic mass is 16.4. The number of urea groups is 1. The van der Waals surface area contributed by atoms with E-state index >= 15 is 0 Å². The van der Waals surface area contributed by atoms with E-state index in [1.165, 1.54) is 4.90 Å². The zero-order valence-corrected chi connectivity index (χ0v) is 11.5. The fourth-order valence-corrected chi connectivity index (χ4v) is 1.64. The molecule has 1 aromatic carbocycles. The van der Waals surface area contributed by atoms with Crippen LogP contribution in [0.1, 0.15) is 25.3 Å². The Morgan fingerprint density at radius 2 is 1.75 bits per heavy atom. The number of hydrogen-bond acceptors (Lipinski definition) is 3. The van der Waals surface area contributed by atoms with Crippen LogP contribution in [0.4, 0.5) is 10.5 Å². The molecule has 0 unspecified atom stereocenters. The summed E-state index contributed by atoms with van der Waals surface area (Å²) < 4.78 is 0. The Kier molecular flexibility index (Phi) is 5.71. The van der Waals surface area contributed by atoms with E-state index in [9.17, 15) is 14.4 Å². The predicted molar refractivity (Wildman–Crippen MR) is 74.6 cm³/mol. The first-order valence-electron chi connectivity index (χ1n) is 6.34. The summed E-state index contributed by atoms with van der Waals surface area (Å²) in [6.07, 6.45) is -0.512. The van der Waals surface area contributed by atoms with Crippen LogP contribution in [0.2, 0.25) is 0 Å². The number of nitrogens with zero attached hydrogens (tertiary/aromatic N) is 1. The van der Waals surface area contributed by atoms with Gasteiger partial charge in [0.2, 0.25) is 5.91 Å². The van der Waals surface area contributed by atoms with E-state index < -0.39 is 17.9 Å². The Balaban J connectivity index is 2.65. The number of carbonyl (C=O) groups excluding carboxylic acids is 2. The van der Waals surface area contributed by atoms with Crippen LogP contribution in [0.5, 0.6) is 0 Å². The summed E-state index contributed by atoms with van der Waals surface area (Å²) in [7, 11) is 0. The minimum atomic E-state index is -1.07. The van der Waals surface area contributed by atoms with Crippen molar-refractivity contribution in [1.82, 2.24) is 5.32 Å². The lowest BCUT2D eigenvalue weighted by Gasteiger charge is -2.21. The molecular weight excluding hydrogens is 260 g/mol. The second-order valence-corrected chi connectivity index (χ2v) is 4.33. The third kappa shape index (κ3) is 4.72. The molecule has 0 bridgehead atoms. The van der Waals surface area contributed by atoms with Crippen LogP contribution in [0.15, 0.2) is 24.3 Å². The number of nitrogens with one attached hydrogen (secondary N) is 1. The van der Waals surface area contributed by atoms with Crippen LogP contribution in [-0.4, -0.2) is 29.6 Å². The molecule has 0 aromatic heterocycles. The van der Waals surface area contributed by atoms with Crippen LogP contribution in [-0.2, 0) is 9.59 Å². The number of amides is 3. The third-order valence-electron chi connectivity index (χ3n) is 2.72. The van der Waals surface area contributed by atoms with Gasteiger partial charge in [-0.15, -0.1) is 0 Å². The number of imide groups is 1. The highest BCUT2D eigenvalue weighted by Crippen LogP contribution is 2.14. The highest BCUT2D eigenvalue weighted by molar-refractivity contribution is 6.03. The van der Waals surface area contributed by atoms with Gasteiger partial charge in [0.1, 0.15) is 0 Å². The number of carboxylic acids is 1. The molecule has 0 atom stereocenters. The average Bonchev–Trinajstić information content (AvgIpc) is 2.39. The van der Waals surface area contributed by atoms with Crippen LogP contribution >= 0.6 is 0 Å². The number of benzene rings is 1. The summed E-state index contributed by atoms with van der Waals surface area (Å²) in [6, 6.07) is 6.78. The number of anilines is 1. The zero-order chi connectivity index (χ0) is 15.1. The fourth-order valence-electron chi connectivity index (χ4n) is 1.64. The maximum Gasteiger partial charge on any atom is 0.328 e. The fraction of sp³-hybridized carbons (Fsp3) is 0.357. The Morgan fingerprint density at radius 1 is 1.15 bits per heavy atom. The van der Waals surface area contributed by atoms with Crippen molar-refractivity contribution in [2.75, 3.05) is 11.4 Å². The van der Waals surface area contributed by atoms with E-state index in [4.69, 9.17) is 5.11 Å². The molecule has 6 nitrogen and oxygen atoms in total. The molecule has 1 aromatic rings. The Labute approximate surface area is 117 Å². The van der Waals surface area contributed by atoms with E-state index in [2.05, 4.69) is 5.32 Å². The van der Waals surface area contributed by atoms with Crippen molar-refractivity contribution in [3.63, 3.8) is 0 Å². The smallest absolute Gasteiger partial charge is 0.328 e. The van der Waals surface area contributed by atoms with Gasteiger partial charge in [-0.05, 0) is 26.0 Å². The number of aryl methyl sites for hydroxylation is 1. The van der Waals surface area contributed by atoms with Gasteiger partial charge in [0.05, 0.1) is 6.42 Å². The summed E-state index contributed by atoms with van der Waals surface area (Å²) in [6.45, 7) is 4.14. The zero-order valence-electron chi connectivity index (χ0n) is 11.5. The Bertz CT molecular complexity index is 496. The molecule has 0 spiro atoms. The molecule has 0 aliphatic heterocycles. The van der Waals surface area contributed by atoms with Crippen molar-refractivity contribution in [3.05, 3.63) is 29.8 Å². The second kappa shape index (κ2) is 7.28. The minimum Gasteiger partial charge on any atom is -0.481 e. The molecule has 0 saturated heterocycles. The van der Waals surface area contributed by atoms with Crippen molar-refractivity contribution >= 4 is 23.6 Å². The molecule has 3 amide bonds. The summed E-state index contributed by atoms with van der Waals surface area (Å²) >= 11 is 0. The number of hydrogen-bond donors (Lipinski definition) is 2. The molecular formula is C14H18N2O4.